The van der Waals surface area contributed by atoms with Crippen LogP contribution in [-0.2, 0) is 0 Å². The second-order valence-corrected chi connectivity index (χ2v) is 4.72. The molecule has 0 saturated heterocycles. The molecule has 0 aliphatic carbocycles. The maximum atomic E-state index is 4.45. The smallest absolute Gasteiger partial charge is 0.00669 e. The molecule has 0 fully saturated rings. The number of rotatable bonds is 7. The summed E-state index contributed by atoms with van der Waals surface area (Å²) in [6, 6.07) is 0. The molecule has 0 spiro atoms. The van der Waals surface area contributed by atoms with Gasteiger partial charge in [-0.05, 0) is 29.9 Å². The molecule has 80 valence electrons. The lowest BCUT2D eigenvalue weighted by atomic mass is 9.80. The van der Waals surface area contributed by atoms with E-state index in [4.69, 9.17) is 0 Å². The number of hydrogen-bond acceptors (Lipinski definition) is 1. The van der Waals surface area contributed by atoms with Gasteiger partial charge in [0.1, 0.15) is 0 Å². The van der Waals surface area contributed by atoms with E-state index in [1.807, 2.05) is 0 Å². The third-order valence-electron chi connectivity index (χ3n) is 3.28. The lowest BCUT2D eigenvalue weighted by molar-refractivity contribution is 0.256. The molecule has 0 heterocycles. The fourth-order valence-corrected chi connectivity index (χ4v) is 2.59. The molecular weight excluding hydrogens is 176 g/mol. The van der Waals surface area contributed by atoms with E-state index in [9.17, 15) is 0 Å². The van der Waals surface area contributed by atoms with Gasteiger partial charge in [-0.15, -0.1) is 0 Å². The summed E-state index contributed by atoms with van der Waals surface area (Å²) >= 11 is 4.45. The first kappa shape index (κ1) is 13.4. The molecule has 0 aromatic heterocycles. The Bertz CT molecular complexity index is 112. The average Bonchev–Trinajstić information content (AvgIpc) is 2.13. The quantitative estimate of drug-likeness (QED) is 0.581. The van der Waals surface area contributed by atoms with Gasteiger partial charge in [0.2, 0.25) is 0 Å². The van der Waals surface area contributed by atoms with E-state index in [-0.39, 0.29) is 0 Å². The maximum absolute atomic E-state index is 4.45. The standard InChI is InChI=1S/C12H26S/c1-5-7-10(3)11(4)12(9-13)8-6-2/h10-13H,5-9H2,1-4H3. The van der Waals surface area contributed by atoms with E-state index in [0.717, 1.165) is 23.5 Å². The summed E-state index contributed by atoms with van der Waals surface area (Å²) in [4.78, 5) is 0. The largest absolute Gasteiger partial charge is 0.179 e. The highest BCUT2D eigenvalue weighted by Gasteiger charge is 2.20. The van der Waals surface area contributed by atoms with Crippen molar-refractivity contribution in [1.29, 1.82) is 0 Å². The molecular formula is C12H26S. The van der Waals surface area contributed by atoms with Crippen molar-refractivity contribution in [3.8, 4) is 0 Å². The van der Waals surface area contributed by atoms with Crippen LogP contribution in [0.2, 0.25) is 0 Å². The molecule has 0 saturated carbocycles. The van der Waals surface area contributed by atoms with E-state index in [2.05, 4.69) is 40.3 Å². The predicted molar refractivity (Wildman–Crippen MR) is 65.5 cm³/mol. The Morgan fingerprint density at radius 3 is 1.92 bits per heavy atom. The van der Waals surface area contributed by atoms with Gasteiger partial charge in [0, 0.05) is 0 Å². The van der Waals surface area contributed by atoms with Crippen LogP contribution < -0.4 is 0 Å². The lowest BCUT2D eigenvalue weighted by Gasteiger charge is -2.27. The highest BCUT2D eigenvalue weighted by atomic mass is 32.1. The fourth-order valence-electron chi connectivity index (χ4n) is 2.07. The van der Waals surface area contributed by atoms with Crippen LogP contribution in [0.15, 0.2) is 0 Å². The van der Waals surface area contributed by atoms with Gasteiger partial charge in [0.25, 0.3) is 0 Å². The van der Waals surface area contributed by atoms with Gasteiger partial charge < -0.3 is 0 Å². The first-order valence-electron chi connectivity index (χ1n) is 5.78. The van der Waals surface area contributed by atoms with E-state index in [0.29, 0.717) is 0 Å². The molecule has 3 atom stereocenters. The topological polar surface area (TPSA) is 0 Å². The Hall–Kier alpha value is 0.350. The molecule has 3 unspecified atom stereocenters. The molecule has 0 radical (unpaired) electrons. The summed E-state index contributed by atoms with van der Waals surface area (Å²) in [6.45, 7) is 9.34. The van der Waals surface area contributed by atoms with Crippen molar-refractivity contribution in [2.45, 2.75) is 53.4 Å². The van der Waals surface area contributed by atoms with Crippen molar-refractivity contribution >= 4 is 12.6 Å². The molecule has 0 aliphatic rings. The van der Waals surface area contributed by atoms with Crippen LogP contribution in [0, 0.1) is 17.8 Å². The first-order valence-corrected chi connectivity index (χ1v) is 6.41. The lowest BCUT2D eigenvalue weighted by Crippen LogP contribution is -2.20. The Morgan fingerprint density at radius 1 is 1.00 bits per heavy atom. The monoisotopic (exact) mass is 202 g/mol. The van der Waals surface area contributed by atoms with Gasteiger partial charge in [0.15, 0.2) is 0 Å². The van der Waals surface area contributed by atoms with Gasteiger partial charge in [0.05, 0.1) is 0 Å². The van der Waals surface area contributed by atoms with Gasteiger partial charge in [-0.1, -0.05) is 47.0 Å². The second-order valence-electron chi connectivity index (χ2n) is 4.36. The predicted octanol–water partition coefficient (Wildman–Crippen LogP) is 4.40. The van der Waals surface area contributed by atoms with Crippen LogP contribution in [0.3, 0.4) is 0 Å². The Kier molecular flexibility index (Phi) is 7.93. The van der Waals surface area contributed by atoms with E-state index in [1.165, 1.54) is 25.7 Å². The molecule has 0 rings (SSSR count). The summed E-state index contributed by atoms with van der Waals surface area (Å²) in [7, 11) is 0. The second kappa shape index (κ2) is 7.73. The molecule has 0 N–H and O–H groups in total. The highest BCUT2D eigenvalue weighted by molar-refractivity contribution is 7.80. The maximum Gasteiger partial charge on any atom is -0.00669 e. The molecule has 1 heteroatoms. The molecule has 0 aliphatic heterocycles. The number of hydrogen-bond donors (Lipinski definition) is 1. The minimum absolute atomic E-state index is 0.829. The first-order chi connectivity index (χ1) is 6.17. The Morgan fingerprint density at radius 2 is 1.54 bits per heavy atom. The van der Waals surface area contributed by atoms with Crippen LogP contribution in [0.4, 0.5) is 0 Å². The van der Waals surface area contributed by atoms with E-state index >= 15 is 0 Å². The fraction of sp³-hybridized carbons (Fsp3) is 1.00. The average molecular weight is 202 g/mol. The van der Waals surface area contributed by atoms with Crippen LogP contribution in [0.1, 0.15) is 53.4 Å². The number of thiol groups is 1. The summed E-state index contributed by atoms with van der Waals surface area (Å²) in [5, 5.41) is 0. The summed E-state index contributed by atoms with van der Waals surface area (Å²) in [5.41, 5.74) is 0. The zero-order valence-corrected chi connectivity index (χ0v) is 10.6. The van der Waals surface area contributed by atoms with Gasteiger partial charge >= 0.3 is 0 Å². The van der Waals surface area contributed by atoms with Crippen molar-refractivity contribution in [2.24, 2.45) is 17.8 Å². The summed E-state index contributed by atoms with van der Waals surface area (Å²) in [5.74, 6) is 3.60. The van der Waals surface area contributed by atoms with Gasteiger partial charge in [-0.3, -0.25) is 0 Å². The van der Waals surface area contributed by atoms with Crippen molar-refractivity contribution in [2.75, 3.05) is 5.75 Å². The normalized spacial score (nSPS) is 18.2. The summed E-state index contributed by atoms with van der Waals surface area (Å²) in [6.07, 6.45) is 5.33. The molecule has 13 heavy (non-hydrogen) atoms. The van der Waals surface area contributed by atoms with Crippen molar-refractivity contribution in [3.63, 3.8) is 0 Å². The molecule has 0 aromatic rings. The zero-order chi connectivity index (χ0) is 10.3. The van der Waals surface area contributed by atoms with E-state index < -0.39 is 0 Å². The molecule has 0 nitrogen and oxygen atoms in total. The SMILES string of the molecule is CCCC(C)C(C)C(CS)CCC. The summed E-state index contributed by atoms with van der Waals surface area (Å²) < 4.78 is 0. The van der Waals surface area contributed by atoms with E-state index in [1.54, 1.807) is 0 Å². The Labute approximate surface area is 89.9 Å². The molecule has 0 aromatic carbocycles. The van der Waals surface area contributed by atoms with Crippen LogP contribution in [0.5, 0.6) is 0 Å². The molecule has 0 amide bonds. The van der Waals surface area contributed by atoms with Crippen LogP contribution >= 0.6 is 12.6 Å². The third kappa shape index (κ3) is 4.95. The van der Waals surface area contributed by atoms with Crippen LogP contribution in [-0.4, -0.2) is 5.75 Å². The van der Waals surface area contributed by atoms with Gasteiger partial charge in [-0.25, -0.2) is 0 Å². The Balaban J connectivity index is 3.94. The van der Waals surface area contributed by atoms with Crippen LogP contribution in [0.25, 0.3) is 0 Å². The minimum atomic E-state index is 0.829. The van der Waals surface area contributed by atoms with Crippen molar-refractivity contribution < 1.29 is 0 Å². The van der Waals surface area contributed by atoms with Crippen molar-refractivity contribution in [3.05, 3.63) is 0 Å². The molecule has 0 bridgehead atoms. The zero-order valence-electron chi connectivity index (χ0n) is 9.71. The third-order valence-corrected chi connectivity index (χ3v) is 3.75. The van der Waals surface area contributed by atoms with Gasteiger partial charge in [-0.2, -0.15) is 12.6 Å². The highest BCUT2D eigenvalue weighted by Crippen LogP contribution is 2.28. The van der Waals surface area contributed by atoms with Crippen molar-refractivity contribution in [1.82, 2.24) is 0 Å². The minimum Gasteiger partial charge on any atom is -0.179 e.